The van der Waals surface area contributed by atoms with E-state index in [0.29, 0.717) is 0 Å². The van der Waals surface area contributed by atoms with Gasteiger partial charge in [-0.3, -0.25) is 10.1 Å². The van der Waals surface area contributed by atoms with E-state index in [9.17, 15) is 24.1 Å². The van der Waals surface area contributed by atoms with Crippen LogP contribution < -0.4 is 0 Å². The zero-order chi connectivity index (χ0) is 16.3. The van der Waals surface area contributed by atoms with Crippen LogP contribution in [0.3, 0.4) is 0 Å². The Balaban J connectivity index is 1.97. The fourth-order valence-corrected chi connectivity index (χ4v) is 2.11. The van der Waals surface area contributed by atoms with Gasteiger partial charge in [0, 0.05) is 25.1 Å². The van der Waals surface area contributed by atoms with Gasteiger partial charge in [0.1, 0.15) is 6.10 Å². The number of rotatable bonds is 3. The lowest BCUT2D eigenvalue weighted by molar-refractivity contribution is -0.384. The normalized spacial score (nSPS) is 21.2. The molecule has 1 heterocycles. The number of likely N-dealkylation sites (tertiary alicyclic amines) is 1. The summed E-state index contributed by atoms with van der Waals surface area (Å²) in [6.45, 7) is -0.276. The quantitative estimate of drug-likeness (QED) is 0.518. The average Bonchev–Trinajstić information content (AvgIpc) is 2.49. The Morgan fingerprint density at radius 2 is 2.00 bits per heavy atom. The van der Waals surface area contributed by atoms with Crippen molar-refractivity contribution >= 4 is 17.7 Å². The summed E-state index contributed by atoms with van der Waals surface area (Å²) in [5.41, 5.74) is -0.104. The van der Waals surface area contributed by atoms with Crippen LogP contribution in [0.5, 0.6) is 0 Å². The molecule has 9 heteroatoms. The van der Waals surface area contributed by atoms with Crippen LogP contribution in [0.25, 0.3) is 0 Å². The van der Waals surface area contributed by atoms with Gasteiger partial charge in [0.2, 0.25) is 0 Å². The van der Waals surface area contributed by atoms with Crippen molar-refractivity contribution in [2.45, 2.75) is 18.7 Å². The highest BCUT2D eigenvalue weighted by Crippen LogP contribution is 2.20. The molecule has 0 aliphatic carbocycles. The van der Waals surface area contributed by atoms with Gasteiger partial charge in [-0.25, -0.2) is 14.0 Å². The van der Waals surface area contributed by atoms with E-state index < -0.39 is 29.3 Å². The van der Waals surface area contributed by atoms with Crippen molar-refractivity contribution < 1.29 is 28.7 Å². The summed E-state index contributed by atoms with van der Waals surface area (Å²) in [6.07, 6.45) is -3.79. The number of nitrogens with zero attached hydrogens (tertiary/aromatic N) is 2. The molecule has 1 N–H and O–H groups in total. The molecule has 1 fully saturated rings. The third-order valence-corrected chi connectivity index (χ3v) is 3.32. The van der Waals surface area contributed by atoms with Gasteiger partial charge in [-0.15, -0.1) is 0 Å². The molecule has 2 rings (SSSR count). The number of carboxylic acid groups (broad SMARTS) is 1. The van der Waals surface area contributed by atoms with Crippen LogP contribution in [-0.4, -0.2) is 52.4 Å². The van der Waals surface area contributed by atoms with Gasteiger partial charge in [-0.1, -0.05) is 0 Å². The number of piperidine rings is 1. The molecular weight excluding hydrogens is 299 g/mol. The van der Waals surface area contributed by atoms with Crippen LogP contribution in [0.1, 0.15) is 16.8 Å². The van der Waals surface area contributed by atoms with Crippen molar-refractivity contribution in [2.75, 3.05) is 13.1 Å². The van der Waals surface area contributed by atoms with E-state index in [1.165, 1.54) is 12.1 Å². The van der Waals surface area contributed by atoms with E-state index >= 15 is 0 Å². The molecule has 1 aliphatic rings. The minimum atomic E-state index is -1.60. The Labute approximate surface area is 124 Å². The number of benzene rings is 1. The third kappa shape index (κ3) is 3.48. The molecule has 2 unspecified atom stereocenters. The first-order valence-electron chi connectivity index (χ1n) is 6.46. The van der Waals surface area contributed by atoms with Gasteiger partial charge in [0.05, 0.1) is 17.0 Å². The van der Waals surface area contributed by atoms with Gasteiger partial charge in [0.25, 0.3) is 5.69 Å². The highest BCUT2D eigenvalue weighted by molar-refractivity contribution is 5.89. The molecule has 1 saturated heterocycles. The lowest BCUT2D eigenvalue weighted by atomic mass is 10.1. The number of amides is 1. The number of non-ortho nitro benzene ring substituents is 1. The zero-order valence-electron chi connectivity index (χ0n) is 11.3. The van der Waals surface area contributed by atoms with Gasteiger partial charge < -0.3 is 14.7 Å². The topological polar surface area (TPSA) is 110 Å². The fraction of sp³-hybridized carbons (Fsp3) is 0.385. The van der Waals surface area contributed by atoms with Crippen LogP contribution in [0.15, 0.2) is 24.3 Å². The third-order valence-electron chi connectivity index (χ3n) is 3.32. The molecule has 1 aromatic rings. The number of nitro groups is 1. The number of esters is 1. The SMILES string of the molecule is O=C(OC1CCN(C(=O)O)CC1F)c1ccc([N+](=O)[O-])cc1. The molecule has 1 amide bonds. The van der Waals surface area contributed by atoms with Crippen molar-refractivity contribution in [2.24, 2.45) is 0 Å². The van der Waals surface area contributed by atoms with Crippen LogP contribution in [-0.2, 0) is 4.74 Å². The molecule has 0 saturated carbocycles. The number of nitro benzene ring substituents is 1. The minimum absolute atomic E-state index is 0.0617. The van der Waals surface area contributed by atoms with E-state index in [4.69, 9.17) is 9.84 Å². The Kier molecular flexibility index (Phi) is 4.54. The number of hydrogen-bond acceptors (Lipinski definition) is 5. The van der Waals surface area contributed by atoms with Crippen LogP contribution in [0, 0.1) is 10.1 Å². The summed E-state index contributed by atoms with van der Waals surface area (Å²) in [4.78, 5) is 33.4. The monoisotopic (exact) mass is 312 g/mol. The first kappa shape index (κ1) is 15.7. The molecule has 0 bridgehead atoms. The zero-order valence-corrected chi connectivity index (χ0v) is 11.3. The van der Waals surface area contributed by atoms with Crippen molar-refractivity contribution in [3.05, 3.63) is 39.9 Å². The molecule has 0 aromatic heterocycles. The molecular formula is C13H13FN2O6. The number of ether oxygens (including phenoxy) is 1. The number of hydrogen-bond donors (Lipinski definition) is 1. The van der Waals surface area contributed by atoms with Crippen LogP contribution in [0.2, 0.25) is 0 Å². The Morgan fingerprint density at radius 1 is 1.36 bits per heavy atom. The second-order valence-corrected chi connectivity index (χ2v) is 4.78. The average molecular weight is 312 g/mol. The molecule has 0 radical (unpaired) electrons. The first-order chi connectivity index (χ1) is 10.4. The standard InChI is InChI=1S/C13H13FN2O6/c14-10-7-15(13(18)19)6-5-11(10)22-12(17)8-1-3-9(4-2-8)16(20)21/h1-4,10-11H,5-7H2,(H,18,19). The maximum Gasteiger partial charge on any atom is 0.407 e. The summed E-state index contributed by atoms with van der Waals surface area (Å²) < 4.78 is 18.8. The minimum Gasteiger partial charge on any atom is -0.465 e. The number of halogens is 1. The highest BCUT2D eigenvalue weighted by atomic mass is 19.1. The van der Waals surface area contributed by atoms with Gasteiger partial charge >= 0.3 is 12.1 Å². The fourth-order valence-electron chi connectivity index (χ4n) is 2.11. The Hall–Kier alpha value is -2.71. The van der Waals surface area contributed by atoms with E-state index in [1.54, 1.807) is 0 Å². The van der Waals surface area contributed by atoms with Crippen molar-refractivity contribution in [3.8, 4) is 0 Å². The molecule has 1 aliphatic heterocycles. The molecule has 8 nitrogen and oxygen atoms in total. The Morgan fingerprint density at radius 3 is 2.50 bits per heavy atom. The summed E-state index contributed by atoms with van der Waals surface area (Å²) in [7, 11) is 0. The second-order valence-electron chi connectivity index (χ2n) is 4.78. The van der Waals surface area contributed by atoms with Crippen molar-refractivity contribution in [1.82, 2.24) is 4.90 Å². The van der Waals surface area contributed by atoms with E-state index in [0.717, 1.165) is 17.0 Å². The maximum atomic E-state index is 13.8. The second kappa shape index (κ2) is 6.37. The number of alkyl halides is 1. The molecule has 0 spiro atoms. The largest absolute Gasteiger partial charge is 0.465 e. The lowest BCUT2D eigenvalue weighted by Crippen LogP contribution is -2.48. The van der Waals surface area contributed by atoms with Gasteiger partial charge in [-0.2, -0.15) is 0 Å². The van der Waals surface area contributed by atoms with Crippen LogP contribution in [0.4, 0.5) is 14.9 Å². The summed E-state index contributed by atoms with van der Waals surface area (Å²) in [5, 5.41) is 19.3. The number of carbonyl (C=O) groups is 2. The predicted octanol–water partition coefficient (Wildman–Crippen LogP) is 1.84. The first-order valence-corrected chi connectivity index (χ1v) is 6.46. The van der Waals surface area contributed by atoms with E-state index in [-0.39, 0.29) is 30.8 Å². The van der Waals surface area contributed by atoms with Gasteiger partial charge in [-0.05, 0) is 12.1 Å². The Bertz CT molecular complexity index is 591. The summed E-state index contributed by atoms with van der Waals surface area (Å²) >= 11 is 0. The summed E-state index contributed by atoms with van der Waals surface area (Å²) in [6, 6.07) is 4.74. The maximum absolute atomic E-state index is 13.8. The highest BCUT2D eigenvalue weighted by Gasteiger charge is 2.34. The van der Waals surface area contributed by atoms with Crippen molar-refractivity contribution in [3.63, 3.8) is 0 Å². The van der Waals surface area contributed by atoms with E-state index in [1.807, 2.05) is 0 Å². The lowest BCUT2D eigenvalue weighted by Gasteiger charge is -2.32. The predicted molar refractivity (Wildman–Crippen MR) is 71.4 cm³/mol. The van der Waals surface area contributed by atoms with E-state index in [2.05, 4.69) is 0 Å². The molecule has 1 aromatic carbocycles. The number of carbonyl (C=O) groups excluding carboxylic acids is 1. The van der Waals surface area contributed by atoms with Gasteiger partial charge in [0.15, 0.2) is 6.17 Å². The molecule has 22 heavy (non-hydrogen) atoms. The van der Waals surface area contributed by atoms with Crippen LogP contribution >= 0.6 is 0 Å². The van der Waals surface area contributed by atoms with Crippen molar-refractivity contribution in [1.29, 1.82) is 0 Å². The molecule has 118 valence electrons. The smallest absolute Gasteiger partial charge is 0.407 e. The molecule has 2 atom stereocenters. The summed E-state index contributed by atoms with van der Waals surface area (Å²) in [5.74, 6) is -0.800.